The Balaban J connectivity index is 3.09. The molecule has 0 aliphatic carbocycles. The average molecular weight is 203 g/mol. The van der Waals surface area contributed by atoms with E-state index in [-0.39, 0.29) is 5.56 Å². The Labute approximate surface area is 86.1 Å². The van der Waals surface area contributed by atoms with Crippen LogP contribution in [0.1, 0.15) is 11.1 Å². The van der Waals surface area contributed by atoms with Crippen LogP contribution in [0.15, 0.2) is 18.2 Å². The van der Waals surface area contributed by atoms with E-state index in [1.54, 1.807) is 6.07 Å². The van der Waals surface area contributed by atoms with Crippen molar-refractivity contribution < 1.29 is 13.9 Å². The van der Waals surface area contributed by atoms with Crippen LogP contribution in [0.4, 0.5) is 4.39 Å². The van der Waals surface area contributed by atoms with E-state index in [0.29, 0.717) is 5.56 Å². The van der Waals surface area contributed by atoms with Crippen LogP contribution >= 0.6 is 0 Å². The number of carbonyl (C=O) groups excluding carboxylic acids is 1. The first-order chi connectivity index (χ1) is 7.17. The minimum atomic E-state index is -0.705. The van der Waals surface area contributed by atoms with E-state index >= 15 is 0 Å². The van der Waals surface area contributed by atoms with Crippen LogP contribution in [0.5, 0.6) is 0 Å². The van der Waals surface area contributed by atoms with Gasteiger partial charge >= 0.3 is 5.97 Å². The van der Waals surface area contributed by atoms with Crippen molar-refractivity contribution in [1.82, 2.24) is 0 Å². The van der Waals surface area contributed by atoms with Crippen LogP contribution in [0, 0.1) is 29.0 Å². The molecule has 0 saturated carbocycles. The third-order valence-electron chi connectivity index (χ3n) is 1.59. The number of benzene rings is 1. The summed E-state index contributed by atoms with van der Waals surface area (Å²) in [7, 11) is 1.20. The van der Waals surface area contributed by atoms with E-state index in [9.17, 15) is 9.18 Å². The van der Waals surface area contributed by atoms with Gasteiger partial charge in [-0.05, 0) is 18.2 Å². The molecule has 4 heteroatoms. The summed E-state index contributed by atoms with van der Waals surface area (Å²) in [5.41, 5.74) is 0.385. The molecule has 74 valence electrons. The highest BCUT2D eigenvalue weighted by Gasteiger charge is 2.01. The molecular weight excluding hydrogens is 197 g/mol. The molecule has 3 nitrogen and oxygen atoms in total. The topological polar surface area (TPSA) is 50.1 Å². The molecule has 0 aromatic heterocycles. The van der Waals surface area contributed by atoms with Gasteiger partial charge in [0.05, 0.1) is 12.7 Å². The van der Waals surface area contributed by atoms with Crippen molar-refractivity contribution >= 4 is 5.97 Å². The second-order valence-electron chi connectivity index (χ2n) is 2.54. The highest BCUT2D eigenvalue weighted by Crippen LogP contribution is 2.08. The zero-order chi connectivity index (χ0) is 11.3. The molecule has 0 fully saturated rings. The number of ether oxygens (including phenoxy) is 1. The number of methoxy groups -OCH3 is 1. The van der Waals surface area contributed by atoms with Gasteiger partial charge in [-0.15, -0.1) is 0 Å². The van der Waals surface area contributed by atoms with Crippen molar-refractivity contribution in [2.75, 3.05) is 7.11 Å². The molecule has 0 heterocycles. The normalized spacial score (nSPS) is 8.33. The van der Waals surface area contributed by atoms with E-state index in [2.05, 4.69) is 16.6 Å². The molecule has 0 aliphatic rings. The van der Waals surface area contributed by atoms with E-state index in [0.717, 1.165) is 6.07 Å². The first kappa shape index (κ1) is 10.7. The Morgan fingerprint density at radius 2 is 2.20 bits per heavy atom. The monoisotopic (exact) mass is 203 g/mol. The quantitative estimate of drug-likeness (QED) is 0.470. The van der Waals surface area contributed by atoms with Gasteiger partial charge in [0, 0.05) is 11.5 Å². The maximum atomic E-state index is 12.7. The lowest BCUT2D eigenvalue weighted by molar-refractivity contribution is -0.133. The molecular formula is C11H6FNO2. The fraction of sp³-hybridized carbons (Fsp3) is 0.0909. The molecule has 0 amide bonds. The molecule has 1 aromatic carbocycles. The first-order valence-corrected chi connectivity index (χ1v) is 3.97. The van der Waals surface area contributed by atoms with Gasteiger partial charge in [0.25, 0.3) is 0 Å². The average Bonchev–Trinajstić information content (AvgIpc) is 2.26. The third-order valence-corrected chi connectivity index (χ3v) is 1.59. The van der Waals surface area contributed by atoms with E-state index in [1.165, 1.54) is 19.2 Å². The summed E-state index contributed by atoms with van der Waals surface area (Å²) in [4.78, 5) is 10.7. The lowest BCUT2D eigenvalue weighted by Crippen LogP contribution is -1.95. The molecule has 1 aromatic rings. The van der Waals surface area contributed by atoms with E-state index < -0.39 is 11.8 Å². The van der Waals surface area contributed by atoms with Gasteiger partial charge in [0.15, 0.2) is 0 Å². The van der Waals surface area contributed by atoms with Crippen molar-refractivity contribution in [3.05, 3.63) is 35.1 Å². The van der Waals surface area contributed by atoms with Gasteiger partial charge in [0.2, 0.25) is 0 Å². The van der Waals surface area contributed by atoms with Gasteiger partial charge in [-0.1, -0.05) is 5.92 Å². The van der Waals surface area contributed by atoms with E-state index in [1.807, 2.05) is 0 Å². The highest BCUT2D eigenvalue weighted by molar-refractivity contribution is 5.89. The summed E-state index contributed by atoms with van der Waals surface area (Å²) in [5.74, 6) is 3.36. The minimum Gasteiger partial charge on any atom is -0.459 e. The Kier molecular flexibility index (Phi) is 3.43. The van der Waals surface area contributed by atoms with Crippen molar-refractivity contribution in [3.63, 3.8) is 0 Å². The third kappa shape index (κ3) is 2.82. The van der Waals surface area contributed by atoms with Crippen molar-refractivity contribution in [1.29, 1.82) is 5.26 Å². The maximum absolute atomic E-state index is 12.7. The number of hydrogen-bond acceptors (Lipinski definition) is 3. The molecule has 0 aliphatic heterocycles. The Bertz CT molecular complexity index is 492. The molecule has 0 bridgehead atoms. The number of carbonyl (C=O) groups is 1. The molecule has 0 unspecified atom stereocenters. The predicted molar refractivity (Wildman–Crippen MR) is 50.0 cm³/mol. The van der Waals surface area contributed by atoms with Gasteiger partial charge in [-0.3, -0.25) is 0 Å². The molecule has 0 radical (unpaired) electrons. The lowest BCUT2D eigenvalue weighted by atomic mass is 10.1. The van der Waals surface area contributed by atoms with Crippen LogP contribution in [0.25, 0.3) is 0 Å². The smallest absolute Gasteiger partial charge is 0.384 e. The number of halogens is 1. The number of nitrogens with zero attached hydrogens (tertiary/aromatic N) is 1. The van der Waals surface area contributed by atoms with Crippen molar-refractivity contribution in [3.8, 4) is 17.9 Å². The van der Waals surface area contributed by atoms with E-state index in [4.69, 9.17) is 5.26 Å². The standard InChI is InChI=1S/C11H6FNO2/c1-15-11(14)5-3-8-2-4-10(12)6-9(8)7-13/h2,4,6H,1H3. The zero-order valence-electron chi connectivity index (χ0n) is 7.87. The predicted octanol–water partition coefficient (Wildman–Crippen LogP) is 1.22. The molecule has 0 spiro atoms. The number of hydrogen-bond donors (Lipinski definition) is 0. The van der Waals surface area contributed by atoms with Gasteiger partial charge in [-0.25, -0.2) is 9.18 Å². The largest absolute Gasteiger partial charge is 0.459 e. The Morgan fingerprint density at radius 1 is 1.47 bits per heavy atom. The molecule has 0 saturated heterocycles. The Morgan fingerprint density at radius 3 is 2.80 bits per heavy atom. The molecule has 0 atom stereocenters. The number of rotatable bonds is 0. The first-order valence-electron chi connectivity index (χ1n) is 3.97. The lowest BCUT2D eigenvalue weighted by Gasteiger charge is -1.94. The van der Waals surface area contributed by atoms with Gasteiger partial charge < -0.3 is 4.74 Å². The minimum absolute atomic E-state index is 0.0893. The second kappa shape index (κ2) is 4.78. The van der Waals surface area contributed by atoms with Crippen LogP contribution in [-0.4, -0.2) is 13.1 Å². The van der Waals surface area contributed by atoms with Crippen molar-refractivity contribution in [2.45, 2.75) is 0 Å². The summed E-state index contributed by atoms with van der Waals surface area (Å²) in [6.45, 7) is 0. The zero-order valence-corrected chi connectivity index (χ0v) is 7.87. The highest BCUT2D eigenvalue weighted by atomic mass is 19.1. The van der Waals surface area contributed by atoms with Crippen LogP contribution in [0.2, 0.25) is 0 Å². The molecule has 0 N–H and O–H groups in total. The summed E-state index contributed by atoms with van der Waals surface area (Å²) in [6, 6.07) is 5.35. The molecule has 1 rings (SSSR count). The van der Waals surface area contributed by atoms with Crippen molar-refractivity contribution in [2.24, 2.45) is 0 Å². The van der Waals surface area contributed by atoms with Gasteiger partial charge in [-0.2, -0.15) is 5.26 Å². The fourth-order valence-corrected chi connectivity index (χ4v) is 0.887. The van der Waals surface area contributed by atoms with Crippen LogP contribution < -0.4 is 0 Å². The fourth-order valence-electron chi connectivity index (χ4n) is 0.887. The van der Waals surface area contributed by atoms with Crippen LogP contribution in [0.3, 0.4) is 0 Å². The number of nitriles is 1. The van der Waals surface area contributed by atoms with Crippen LogP contribution in [-0.2, 0) is 9.53 Å². The SMILES string of the molecule is COC(=O)C#Cc1ccc(F)cc1C#N. The number of esters is 1. The summed E-state index contributed by atoms with van der Waals surface area (Å²) < 4.78 is 17.0. The summed E-state index contributed by atoms with van der Waals surface area (Å²) in [6.07, 6.45) is 0. The summed E-state index contributed by atoms with van der Waals surface area (Å²) >= 11 is 0. The Hall–Kier alpha value is -2.33. The second-order valence-corrected chi connectivity index (χ2v) is 2.54. The summed E-state index contributed by atoms with van der Waals surface area (Å²) in [5, 5.41) is 8.66. The van der Waals surface area contributed by atoms with Gasteiger partial charge in [0.1, 0.15) is 11.9 Å². The molecule has 15 heavy (non-hydrogen) atoms. The maximum Gasteiger partial charge on any atom is 0.384 e.